The Labute approximate surface area is 152 Å². The molecule has 3 aromatic carbocycles. The van der Waals surface area contributed by atoms with Gasteiger partial charge in [0, 0.05) is 11.9 Å². The highest BCUT2D eigenvalue weighted by Crippen LogP contribution is 2.25. The molecule has 0 fully saturated rings. The first-order valence-corrected chi connectivity index (χ1v) is 8.98. The highest BCUT2D eigenvalue weighted by Gasteiger charge is 2.14. The van der Waals surface area contributed by atoms with Gasteiger partial charge in [-0.15, -0.1) is 0 Å². The van der Waals surface area contributed by atoms with E-state index in [1.165, 1.54) is 5.39 Å². The van der Waals surface area contributed by atoms with E-state index >= 15 is 0 Å². The molecule has 4 aromatic rings. The largest absolute Gasteiger partial charge is 0.493 e. The number of benzene rings is 3. The van der Waals surface area contributed by atoms with Crippen LogP contribution in [-0.2, 0) is 6.54 Å². The molecule has 0 aliphatic heterocycles. The van der Waals surface area contributed by atoms with Crippen LogP contribution in [0.15, 0.2) is 66.7 Å². The summed E-state index contributed by atoms with van der Waals surface area (Å²) in [4.78, 5) is 4.56. The smallest absolute Gasteiger partial charge is 0.138 e. The number of aromatic nitrogens is 2. The molecular weight excluding hydrogens is 324 g/mol. The normalized spacial score (nSPS) is 12.5. The maximum absolute atomic E-state index is 10.0. The average molecular weight is 346 g/mol. The van der Waals surface area contributed by atoms with Crippen LogP contribution in [-0.4, -0.2) is 21.3 Å². The summed E-state index contributed by atoms with van der Waals surface area (Å²) in [5, 5.41) is 12.4. The van der Waals surface area contributed by atoms with Crippen molar-refractivity contribution in [2.75, 3.05) is 6.61 Å². The standard InChI is InChI=1S/C22H22N2O2/c1-16(25)22-23-19-11-4-5-12-20(19)24(22)14-7-15-26-21-13-6-9-17-8-2-3-10-18(17)21/h2-6,8-13,16,25H,7,14-15H2,1H3. The number of nitrogens with zero attached hydrogens (tertiary/aromatic N) is 2. The summed E-state index contributed by atoms with van der Waals surface area (Å²) in [5.74, 6) is 1.62. The van der Waals surface area contributed by atoms with E-state index in [1.807, 2.05) is 48.5 Å². The third kappa shape index (κ3) is 3.16. The van der Waals surface area contributed by atoms with Gasteiger partial charge in [0.1, 0.15) is 17.7 Å². The molecule has 0 radical (unpaired) electrons. The summed E-state index contributed by atoms with van der Waals surface area (Å²) >= 11 is 0. The average Bonchev–Trinajstić information content (AvgIpc) is 3.04. The lowest BCUT2D eigenvalue weighted by molar-refractivity contribution is 0.183. The predicted octanol–water partition coefficient (Wildman–Crippen LogP) is 4.71. The second kappa shape index (κ2) is 7.18. The Balaban J connectivity index is 1.48. The molecule has 4 heteroatoms. The molecule has 4 rings (SSSR count). The van der Waals surface area contributed by atoms with Crippen LogP contribution in [0.25, 0.3) is 21.8 Å². The Hall–Kier alpha value is -2.85. The van der Waals surface area contributed by atoms with E-state index in [1.54, 1.807) is 6.92 Å². The van der Waals surface area contributed by atoms with Gasteiger partial charge in [0.2, 0.25) is 0 Å². The van der Waals surface area contributed by atoms with Crippen LogP contribution in [0.4, 0.5) is 0 Å². The quantitative estimate of drug-likeness (QED) is 0.514. The van der Waals surface area contributed by atoms with Crippen LogP contribution in [0.2, 0.25) is 0 Å². The fourth-order valence-corrected chi connectivity index (χ4v) is 3.37. The fourth-order valence-electron chi connectivity index (χ4n) is 3.37. The first-order chi connectivity index (χ1) is 12.7. The van der Waals surface area contributed by atoms with Crippen LogP contribution < -0.4 is 4.74 Å². The number of imidazole rings is 1. The van der Waals surface area contributed by atoms with Gasteiger partial charge in [-0.05, 0) is 36.9 Å². The number of hydrogen-bond donors (Lipinski definition) is 1. The maximum atomic E-state index is 10.0. The number of hydrogen-bond acceptors (Lipinski definition) is 3. The van der Waals surface area contributed by atoms with Crippen molar-refractivity contribution in [3.63, 3.8) is 0 Å². The number of fused-ring (bicyclic) bond motifs is 2. The third-order valence-corrected chi connectivity index (χ3v) is 4.59. The van der Waals surface area contributed by atoms with E-state index < -0.39 is 6.10 Å². The van der Waals surface area contributed by atoms with E-state index in [4.69, 9.17) is 4.74 Å². The van der Waals surface area contributed by atoms with E-state index in [0.29, 0.717) is 12.4 Å². The summed E-state index contributed by atoms with van der Waals surface area (Å²) in [6.07, 6.45) is 0.241. The summed E-state index contributed by atoms with van der Waals surface area (Å²) in [6.45, 7) is 3.12. The minimum atomic E-state index is -0.596. The van der Waals surface area contributed by atoms with Crippen LogP contribution in [0.5, 0.6) is 5.75 Å². The zero-order valence-corrected chi connectivity index (χ0v) is 14.8. The number of aliphatic hydroxyl groups excluding tert-OH is 1. The van der Waals surface area contributed by atoms with E-state index in [0.717, 1.165) is 35.1 Å². The first-order valence-electron chi connectivity index (χ1n) is 8.98. The molecule has 132 valence electrons. The van der Waals surface area contributed by atoms with Gasteiger partial charge in [0.05, 0.1) is 17.6 Å². The van der Waals surface area contributed by atoms with Crippen molar-refractivity contribution >= 4 is 21.8 Å². The summed E-state index contributed by atoms with van der Waals surface area (Å²) < 4.78 is 8.12. The molecule has 1 atom stereocenters. The lowest BCUT2D eigenvalue weighted by Crippen LogP contribution is -2.10. The Morgan fingerprint density at radius 3 is 2.65 bits per heavy atom. The molecule has 0 aliphatic rings. The van der Waals surface area contributed by atoms with Gasteiger partial charge in [-0.2, -0.15) is 0 Å². The molecule has 0 spiro atoms. The van der Waals surface area contributed by atoms with E-state index in [-0.39, 0.29) is 0 Å². The summed E-state index contributed by atoms with van der Waals surface area (Å²) in [7, 11) is 0. The first kappa shape index (κ1) is 16.6. The number of para-hydroxylation sites is 2. The maximum Gasteiger partial charge on any atom is 0.138 e. The number of aliphatic hydroxyl groups is 1. The van der Waals surface area contributed by atoms with Crippen LogP contribution in [0.1, 0.15) is 25.3 Å². The minimum Gasteiger partial charge on any atom is -0.493 e. The van der Waals surface area contributed by atoms with Gasteiger partial charge in [0.15, 0.2) is 0 Å². The summed E-state index contributed by atoms with van der Waals surface area (Å²) in [5.41, 5.74) is 1.96. The van der Waals surface area contributed by atoms with Crippen LogP contribution in [0, 0.1) is 0 Å². The molecule has 1 N–H and O–H groups in total. The van der Waals surface area contributed by atoms with Crippen LogP contribution >= 0.6 is 0 Å². The highest BCUT2D eigenvalue weighted by atomic mass is 16.5. The van der Waals surface area contributed by atoms with Gasteiger partial charge < -0.3 is 14.4 Å². The third-order valence-electron chi connectivity index (χ3n) is 4.59. The topological polar surface area (TPSA) is 47.3 Å². The molecule has 1 aromatic heterocycles. The second-order valence-electron chi connectivity index (χ2n) is 6.47. The Bertz CT molecular complexity index is 1030. The van der Waals surface area contributed by atoms with Crippen LogP contribution in [0.3, 0.4) is 0 Å². The fraction of sp³-hybridized carbons (Fsp3) is 0.227. The molecule has 1 heterocycles. The van der Waals surface area contributed by atoms with Crippen molar-refractivity contribution < 1.29 is 9.84 Å². The minimum absolute atomic E-state index is 0.596. The van der Waals surface area contributed by atoms with Gasteiger partial charge in [0.25, 0.3) is 0 Å². The number of rotatable bonds is 6. The lowest BCUT2D eigenvalue weighted by atomic mass is 10.1. The lowest BCUT2D eigenvalue weighted by Gasteiger charge is -2.12. The molecule has 26 heavy (non-hydrogen) atoms. The molecule has 0 aliphatic carbocycles. The van der Waals surface area contributed by atoms with Gasteiger partial charge in [-0.25, -0.2) is 4.98 Å². The molecule has 0 amide bonds. The van der Waals surface area contributed by atoms with Gasteiger partial charge >= 0.3 is 0 Å². The van der Waals surface area contributed by atoms with Crippen molar-refractivity contribution in [1.29, 1.82) is 0 Å². The summed E-state index contributed by atoms with van der Waals surface area (Å²) in [6, 6.07) is 22.3. The number of ether oxygens (including phenoxy) is 1. The van der Waals surface area contributed by atoms with E-state index in [9.17, 15) is 5.11 Å². The highest BCUT2D eigenvalue weighted by molar-refractivity contribution is 5.88. The van der Waals surface area contributed by atoms with Gasteiger partial charge in [-0.1, -0.05) is 48.5 Å². The second-order valence-corrected chi connectivity index (χ2v) is 6.47. The molecule has 0 bridgehead atoms. The zero-order chi connectivity index (χ0) is 17.9. The SMILES string of the molecule is CC(O)c1nc2ccccc2n1CCCOc1cccc2ccccc12. The predicted molar refractivity (Wildman–Crippen MR) is 104 cm³/mol. The van der Waals surface area contributed by atoms with Crippen molar-refractivity contribution in [2.24, 2.45) is 0 Å². The molecule has 0 saturated carbocycles. The number of aryl methyl sites for hydroxylation is 1. The molecule has 0 saturated heterocycles. The van der Waals surface area contributed by atoms with Crippen molar-refractivity contribution in [3.05, 3.63) is 72.6 Å². The zero-order valence-electron chi connectivity index (χ0n) is 14.8. The molecule has 1 unspecified atom stereocenters. The van der Waals surface area contributed by atoms with Crippen molar-refractivity contribution in [2.45, 2.75) is 26.0 Å². The van der Waals surface area contributed by atoms with Gasteiger partial charge in [-0.3, -0.25) is 0 Å². The van der Waals surface area contributed by atoms with E-state index in [2.05, 4.69) is 27.8 Å². The Kier molecular flexibility index (Phi) is 4.59. The van der Waals surface area contributed by atoms with Crippen molar-refractivity contribution in [1.82, 2.24) is 9.55 Å². The molecule has 4 nitrogen and oxygen atoms in total. The monoisotopic (exact) mass is 346 g/mol. The van der Waals surface area contributed by atoms with Crippen molar-refractivity contribution in [3.8, 4) is 5.75 Å². The molecular formula is C22H22N2O2. The Morgan fingerprint density at radius 1 is 1.00 bits per heavy atom. The Morgan fingerprint density at radius 2 is 1.77 bits per heavy atom.